The van der Waals surface area contributed by atoms with Crippen LogP contribution in [0.2, 0.25) is 0 Å². The van der Waals surface area contributed by atoms with E-state index in [4.69, 9.17) is 0 Å². The molecule has 0 radical (unpaired) electrons. The number of rotatable bonds is 7. The zero-order valence-corrected chi connectivity index (χ0v) is 20.1. The predicted molar refractivity (Wildman–Crippen MR) is 127 cm³/mol. The van der Waals surface area contributed by atoms with Gasteiger partial charge in [0, 0.05) is 38.5 Å². The maximum absolute atomic E-state index is 12.9. The van der Waals surface area contributed by atoms with Crippen LogP contribution in [0.1, 0.15) is 44.7 Å². The van der Waals surface area contributed by atoms with Gasteiger partial charge in [-0.05, 0) is 43.0 Å². The van der Waals surface area contributed by atoms with E-state index in [1.54, 1.807) is 24.3 Å². The summed E-state index contributed by atoms with van der Waals surface area (Å²) in [6.07, 6.45) is 3.47. The Labute approximate surface area is 188 Å². The zero-order chi connectivity index (χ0) is 22.9. The minimum atomic E-state index is -3.21. The molecule has 6 heteroatoms. The molecule has 0 aliphatic carbocycles. The number of carbonyl (C=O) groups is 1. The third kappa shape index (κ3) is 7.47. The fourth-order valence-corrected chi connectivity index (χ4v) is 4.63. The van der Waals surface area contributed by atoms with E-state index in [0.29, 0.717) is 13.0 Å². The van der Waals surface area contributed by atoms with Gasteiger partial charge >= 0.3 is 0 Å². The summed E-state index contributed by atoms with van der Waals surface area (Å²) in [4.78, 5) is 17.6. The van der Waals surface area contributed by atoms with E-state index in [1.165, 1.54) is 11.8 Å². The molecule has 170 valence electrons. The standard InChI is InChI=1S/C23H30N2O3S.C2H6/c1-3-25(23(26)17-19-9-11-22(12-10-19)29(2,27)28)21-13-15-24(16-14-21)18-20-7-5-4-6-8-20;1-2/h4-12,21H,3,13-18H2,1-2H3;1-2H3. The van der Waals surface area contributed by atoms with E-state index in [1.807, 2.05) is 31.7 Å². The summed E-state index contributed by atoms with van der Waals surface area (Å²) >= 11 is 0. The van der Waals surface area contributed by atoms with E-state index in [0.717, 1.165) is 38.0 Å². The van der Waals surface area contributed by atoms with E-state index in [9.17, 15) is 13.2 Å². The van der Waals surface area contributed by atoms with Gasteiger partial charge in [-0.25, -0.2) is 8.42 Å². The maximum Gasteiger partial charge on any atom is 0.227 e. The Bertz CT molecular complexity index is 904. The first-order valence-corrected chi connectivity index (χ1v) is 13.1. The first-order valence-electron chi connectivity index (χ1n) is 11.2. The van der Waals surface area contributed by atoms with Crippen molar-refractivity contribution >= 4 is 15.7 Å². The van der Waals surface area contributed by atoms with Gasteiger partial charge in [-0.15, -0.1) is 0 Å². The Morgan fingerprint density at radius 1 is 0.968 bits per heavy atom. The number of carbonyl (C=O) groups excluding carboxylic acids is 1. The minimum absolute atomic E-state index is 0.112. The van der Waals surface area contributed by atoms with Crippen molar-refractivity contribution in [2.45, 2.75) is 57.5 Å². The second kappa shape index (κ2) is 12.0. The monoisotopic (exact) mass is 444 g/mol. The van der Waals surface area contributed by atoms with Gasteiger partial charge in [-0.3, -0.25) is 9.69 Å². The lowest BCUT2D eigenvalue weighted by atomic mass is 10.0. The molecule has 3 rings (SSSR count). The molecule has 0 bridgehead atoms. The van der Waals surface area contributed by atoms with Crippen LogP contribution in [0.15, 0.2) is 59.5 Å². The van der Waals surface area contributed by atoms with Crippen molar-refractivity contribution in [2.75, 3.05) is 25.9 Å². The van der Waals surface area contributed by atoms with Crippen LogP contribution in [0, 0.1) is 0 Å². The van der Waals surface area contributed by atoms with Crippen LogP contribution in [-0.2, 0) is 27.6 Å². The molecular weight excluding hydrogens is 408 g/mol. The SMILES string of the molecule is CC.CCN(C(=O)Cc1ccc(S(C)(=O)=O)cc1)C1CCN(Cc2ccccc2)CC1. The van der Waals surface area contributed by atoms with Gasteiger partial charge in [-0.2, -0.15) is 0 Å². The highest BCUT2D eigenvalue weighted by Gasteiger charge is 2.27. The molecule has 2 aromatic carbocycles. The van der Waals surface area contributed by atoms with E-state index in [-0.39, 0.29) is 16.8 Å². The number of sulfone groups is 1. The van der Waals surface area contributed by atoms with Crippen LogP contribution in [0.3, 0.4) is 0 Å². The third-order valence-electron chi connectivity index (χ3n) is 5.61. The van der Waals surface area contributed by atoms with Crippen molar-refractivity contribution in [3.8, 4) is 0 Å². The average molecular weight is 445 g/mol. The number of likely N-dealkylation sites (N-methyl/N-ethyl adjacent to an activating group) is 1. The Hall–Kier alpha value is -2.18. The molecule has 5 nitrogen and oxygen atoms in total. The molecule has 2 aromatic rings. The Balaban J connectivity index is 0.00000166. The molecule has 0 spiro atoms. The lowest BCUT2D eigenvalue weighted by molar-refractivity contribution is -0.133. The molecule has 0 atom stereocenters. The fourth-order valence-electron chi connectivity index (χ4n) is 4.00. The summed E-state index contributed by atoms with van der Waals surface area (Å²) < 4.78 is 23.2. The lowest BCUT2D eigenvalue weighted by Gasteiger charge is -2.38. The van der Waals surface area contributed by atoms with Gasteiger partial charge in [0.15, 0.2) is 9.84 Å². The molecule has 1 saturated heterocycles. The van der Waals surface area contributed by atoms with Crippen LogP contribution >= 0.6 is 0 Å². The molecular formula is C25H36N2O3S. The Morgan fingerprint density at radius 3 is 2.06 bits per heavy atom. The van der Waals surface area contributed by atoms with Crippen molar-refractivity contribution in [1.82, 2.24) is 9.80 Å². The molecule has 0 aromatic heterocycles. The van der Waals surface area contributed by atoms with Crippen molar-refractivity contribution < 1.29 is 13.2 Å². The van der Waals surface area contributed by atoms with Crippen LogP contribution in [-0.4, -0.2) is 56.1 Å². The summed E-state index contributed by atoms with van der Waals surface area (Å²) in [5.41, 5.74) is 2.18. The highest BCUT2D eigenvalue weighted by molar-refractivity contribution is 7.90. The Morgan fingerprint density at radius 2 is 1.55 bits per heavy atom. The second-order valence-electron chi connectivity index (χ2n) is 7.77. The van der Waals surface area contributed by atoms with Gasteiger partial charge in [0.25, 0.3) is 0 Å². The van der Waals surface area contributed by atoms with Gasteiger partial charge in [-0.1, -0.05) is 56.3 Å². The highest BCUT2D eigenvalue weighted by Crippen LogP contribution is 2.20. The molecule has 1 fully saturated rings. The van der Waals surface area contributed by atoms with Crippen LogP contribution < -0.4 is 0 Å². The zero-order valence-electron chi connectivity index (χ0n) is 19.3. The molecule has 1 aliphatic rings. The lowest BCUT2D eigenvalue weighted by Crippen LogP contribution is -2.47. The van der Waals surface area contributed by atoms with E-state index < -0.39 is 9.84 Å². The van der Waals surface area contributed by atoms with Crippen molar-refractivity contribution in [2.24, 2.45) is 0 Å². The first-order chi connectivity index (χ1) is 14.9. The number of hydrogen-bond acceptors (Lipinski definition) is 4. The van der Waals surface area contributed by atoms with Crippen LogP contribution in [0.4, 0.5) is 0 Å². The highest BCUT2D eigenvalue weighted by atomic mass is 32.2. The average Bonchev–Trinajstić information content (AvgIpc) is 2.77. The number of amides is 1. The maximum atomic E-state index is 12.9. The number of likely N-dealkylation sites (tertiary alicyclic amines) is 1. The molecule has 0 N–H and O–H groups in total. The van der Waals surface area contributed by atoms with Crippen LogP contribution in [0.25, 0.3) is 0 Å². The largest absolute Gasteiger partial charge is 0.340 e. The summed E-state index contributed by atoms with van der Waals surface area (Å²) in [5, 5.41) is 0. The summed E-state index contributed by atoms with van der Waals surface area (Å²) in [6, 6.07) is 17.4. The van der Waals surface area contributed by atoms with Gasteiger partial charge in [0.05, 0.1) is 11.3 Å². The van der Waals surface area contributed by atoms with Crippen molar-refractivity contribution in [3.63, 3.8) is 0 Å². The molecule has 1 aliphatic heterocycles. The number of piperidine rings is 1. The summed E-state index contributed by atoms with van der Waals surface area (Å²) in [5.74, 6) is 0.112. The molecule has 31 heavy (non-hydrogen) atoms. The normalized spacial score (nSPS) is 15.1. The van der Waals surface area contributed by atoms with Crippen molar-refractivity contribution in [1.29, 1.82) is 0 Å². The number of benzene rings is 2. The number of hydrogen-bond donors (Lipinski definition) is 0. The minimum Gasteiger partial charge on any atom is -0.340 e. The van der Waals surface area contributed by atoms with E-state index >= 15 is 0 Å². The first kappa shape index (κ1) is 25.1. The van der Waals surface area contributed by atoms with E-state index in [2.05, 4.69) is 29.2 Å². The summed E-state index contributed by atoms with van der Waals surface area (Å²) in [7, 11) is -3.21. The predicted octanol–water partition coefficient (Wildman–Crippen LogP) is 4.17. The van der Waals surface area contributed by atoms with Gasteiger partial charge in [0.1, 0.15) is 0 Å². The van der Waals surface area contributed by atoms with Gasteiger partial charge in [0.2, 0.25) is 5.91 Å². The summed E-state index contributed by atoms with van der Waals surface area (Å²) in [6.45, 7) is 9.67. The molecule has 1 amide bonds. The fraction of sp³-hybridized carbons (Fsp3) is 0.480. The smallest absolute Gasteiger partial charge is 0.227 e. The quantitative estimate of drug-likeness (QED) is 0.643. The molecule has 0 saturated carbocycles. The van der Waals surface area contributed by atoms with Gasteiger partial charge < -0.3 is 4.90 Å². The molecule has 0 unspecified atom stereocenters. The second-order valence-corrected chi connectivity index (χ2v) is 9.78. The van der Waals surface area contributed by atoms with Crippen molar-refractivity contribution in [3.05, 3.63) is 65.7 Å². The van der Waals surface area contributed by atoms with Crippen LogP contribution in [0.5, 0.6) is 0 Å². The Kier molecular flexibility index (Phi) is 9.72. The number of nitrogens with zero attached hydrogens (tertiary/aromatic N) is 2. The molecule has 1 heterocycles. The topological polar surface area (TPSA) is 57.7 Å². The third-order valence-corrected chi connectivity index (χ3v) is 6.74.